The maximum atomic E-state index is 13.8. The Labute approximate surface area is 307 Å². The quantitative estimate of drug-likeness (QED) is 0.0809. The molecule has 2 heterocycles. The van der Waals surface area contributed by atoms with Crippen LogP contribution in [0, 0.1) is 10.1 Å². The molecule has 0 aromatic heterocycles. The van der Waals surface area contributed by atoms with Gasteiger partial charge in [-0.1, -0.05) is 54.9 Å². The number of rotatable bonds is 13. The van der Waals surface area contributed by atoms with Crippen LogP contribution in [0.25, 0.3) is 11.1 Å². The number of halogens is 1. The highest BCUT2D eigenvalue weighted by Gasteiger charge is 2.34. The van der Waals surface area contributed by atoms with Gasteiger partial charge >= 0.3 is 0 Å². The largest absolute Gasteiger partial charge is 0.428 e. The molecule has 2 aliphatic rings. The number of nitro groups is 1. The molecular formula is C39H47ClN6O4S. The van der Waals surface area contributed by atoms with Gasteiger partial charge in [-0.3, -0.25) is 24.9 Å². The molecular weight excluding hydrogens is 684 g/mol. The Bertz CT molecular complexity index is 1870. The van der Waals surface area contributed by atoms with Crippen LogP contribution in [0.4, 0.5) is 17.1 Å². The second-order valence-electron chi connectivity index (χ2n) is 13.5. The van der Waals surface area contributed by atoms with Gasteiger partial charge in [-0.2, -0.15) is 0 Å². The molecule has 0 spiro atoms. The van der Waals surface area contributed by atoms with E-state index in [1.165, 1.54) is 28.4 Å². The third-order valence-electron chi connectivity index (χ3n) is 9.88. The standard InChI is InChI=1S/C39H47ClN6O4S/c1-4-43(2)21-7-20-42-36-18-17-34(25-38(36)46(48)49)50-51(3,41)39(47)30-13-19-37-29(24-30)12-16-33-27-44(22-23-45(33)37)26-31-8-5-6-9-35(31)28-10-14-32(40)15-11-28/h5-6,8-11,13-15,17-19,24-25,33,42H,4,7,12,16,20-23,26-27,41H2,1-3H3. The zero-order valence-corrected chi connectivity index (χ0v) is 31.1. The summed E-state index contributed by atoms with van der Waals surface area (Å²) in [4.78, 5) is 32.4. The van der Waals surface area contributed by atoms with E-state index >= 15 is 0 Å². The molecule has 2 unspecified atom stereocenters. The molecule has 1 saturated heterocycles. The van der Waals surface area contributed by atoms with Gasteiger partial charge in [0.05, 0.1) is 11.0 Å². The molecule has 4 aromatic rings. The van der Waals surface area contributed by atoms with Crippen molar-refractivity contribution in [3.63, 3.8) is 0 Å². The fourth-order valence-electron chi connectivity index (χ4n) is 7.02. The Morgan fingerprint density at radius 2 is 1.88 bits per heavy atom. The van der Waals surface area contributed by atoms with Crippen molar-refractivity contribution >= 4 is 44.3 Å². The molecule has 0 aliphatic carbocycles. The van der Waals surface area contributed by atoms with Crippen LogP contribution < -0.4 is 19.5 Å². The molecule has 270 valence electrons. The molecule has 3 N–H and O–H groups in total. The first kappa shape index (κ1) is 36.7. The number of nitrogens with one attached hydrogen (secondary N) is 1. The van der Waals surface area contributed by atoms with Crippen LogP contribution in [0.5, 0.6) is 5.75 Å². The van der Waals surface area contributed by atoms with Crippen molar-refractivity contribution in [1.29, 1.82) is 0 Å². The van der Waals surface area contributed by atoms with Crippen LogP contribution in [0.3, 0.4) is 0 Å². The summed E-state index contributed by atoms with van der Waals surface area (Å²) in [6, 6.07) is 27.4. The maximum Gasteiger partial charge on any atom is 0.296 e. The van der Waals surface area contributed by atoms with Crippen molar-refractivity contribution in [1.82, 2.24) is 9.80 Å². The van der Waals surface area contributed by atoms with E-state index < -0.39 is 15.4 Å². The first-order valence-corrected chi connectivity index (χ1v) is 19.9. The van der Waals surface area contributed by atoms with Crippen molar-refractivity contribution < 1.29 is 13.9 Å². The summed E-state index contributed by atoms with van der Waals surface area (Å²) in [5.41, 5.74) is 6.78. The molecule has 0 saturated carbocycles. The lowest BCUT2D eigenvalue weighted by atomic mass is 9.92. The van der Waals surface area contributed by atoms with Gasteiger partial charge in [-0.05, 0) is 104 Å². The Balaban J connectivity index is 1.09. The van der Waals surface area contributed by atoms with E-state index in [0.29, 0.717) is 23.8 Å². The van der Waals surface area contributed by atoms with E-state index in [2.05, 4.69) is 63.3 Å². The van der Waals surface area contributed by atoms with E-state index in [0.717, 1.165) is 69.1 Å². The Kier molecular flexibility index (Phi) is 11.5. The fourth-order valence-corrected chi connectivity index (χ4v) is 8.32. The number of carbonyl (C=O) groups is 1. The van der Waals surface area contributed by atoms with Crippen molar-refractivity contribution in [3.05, 3.63) is 117 Å². The normalized spacial score (nSPS) is 17.6. The number of nitro benzene ring substituents is 1. The number of piperazine rings is 1. The second kappa shape index (κ2) is 16.0. The smallest absolute Gasteiger partial charge is 0.296 e. The predicted molar refractivity (Wildman–Crippen MR) is 210 cm³/mol. The fraction of sp³-hybridized carbons (Fsp3) is 0.359. The van der Waals surface area contributed by atoms with Crippen LogP contribution in [-0.2, 0) is 13.0 Å². The zero-order chi connectivity index (χ0) is 36.1. The van der Waals surface area contributed by atoms with E-state index in [-0.39, 0.29) is 16.6 Å². The highest BCUT2D eigenvalue weighted by Crippen LogP contribution is 2.44. The molecule has 0 amide bonds. The van der Waals surface area contributed by atoms with Gasteiger partial charge in [0.25, 0.3) is 5.69 Å². The lowest BCUT2D eigenvalue weighted by molar-refractivity contribution is -0.384. The van der Waals surface area contributed by atoms with E-state index in [4.69, 9.17) is 20.9 Å². The van der Waals surface area contributed by atoms with Crippen LogP contribution in [-0.4, -0.2) is 78.5 Å². The summed E-state index contributed by atoms with van der Waals surface area (Å²) < 4.78 is 6.02. The summed E-state index contributed by atoms with van der Waals surface area (Å²) in [5, 5.41) is 22.0. The van der Waals surface area contributed by atoms with Crippen molar-refractivity contribution in [2.75, 3.05) is 62.8 Å². The van der Waals surface area contributed by atoms with Crippen LogP contribution in [0.15, 0.2) is 84.9 Å². The number of hydrogen-bond donors (Lipinski definition) is 2. The molecule has 51 heavy (non-hydrogen) atoms. The van der Waals surface area contributed by atoms with Gasteiger partial charge in [0.1, 0.15) is 11.4 Å². The van der Waals surface area contributed by atoms with Gasteiger partial charge < -0.3 is 19.3 Å². The van der Waals surface area contributed by atoms with Crippen molar-refractivity contribution in [2.24, 2.45) is 5.14 Å². The molecule has 10 nitrogen and oxygen atoms in total. The summed E-state index contributed by atoms with van der Waals surface area (Å²) in [6.45, 7) is 8.18. The summed E-state index contributed by atoms with van der Waals surface area (Å²) in [6.07, 6.45) is 4.28. The van der Waals surface area contributed by atoms with E-state index in [9.17, 15) is 14.9 Å². The average Bonchev–Trinajstić information content (AvgIpc) is 3.13. The molecule has 1 fully saturated rings. The van der Waals surface area contributed by atoms with Crippen LogP contribution in [0.2, 0.25) is 5.02 Å². The number of nitrogens with zero attached hydrogens (tertiary/aromatic N) is 4. The zero-order valence-electron chi connectivity index (χ0n) is 29.5. The van der Waals surface area contributed by atoms with Crippen LogP contribution >= 0.6 is 22.1 Å². The second-order valence-corrected chi connectivity index (χ2v) is 16.3. The third-order valence-corrected chi connectivity index (χ3v) is 11.6. The van der Waals surface area contributed by atoms with Gasteiger partial charge in [0.15, 0.2) is 0 Å². The minimum absolute atomic E-state index is 0.117. The lowest BCUT2D eigenvalue weighted by Crippen LogP contribution is -2.54. The summed E-state index contributed by atoms with van der Waals surface area (Å²) >= 11 is 6.15. The van der Waals surface area contributed by atoms with E-state index in [1.807, 2.05) is 37.4 Å². The number of hydrogen-bond acceptors (Lipinski definition) is 9. The minimum atomic E-state index is -2.78. The average molecular weight is 731 g/mol. The Hall–Kier alpha value is -4.13. The highest BCUT2D eigenvalue weighted by molar-refractivity contribution is 8.40. The maximum absolute atomic E-state index is 13.8. The lowest BCUT2D eigenvalue weighted by Gasteiger charge is -2.46. The Morgan fingerprint density at radius 3 is 2.65 bits per heavy atom. The topological polar surface area (TPSA) is 117 Å². The molecule has 0 radical (unpaired) electrons. The number of carbonyl (C=O) groups excluding carboxylic acids is 1. The van der Waals surface area contributed by atoms with Gasteiger partial charge in [-0.15, -0.1) is 0 Å². The number of benzene rings is 4. The SMILES string of the molecule is CCN(C)CCCNc1ccc(OS(C)(N)C(=O)c2ccc3c(c2)CCC2CN(Cc4ccccc4-c4ccc(Cl)cc4)CCN32)cc1[N+](=O)[O-]. The van der Waals surface area contributed by atoms with Gasteiger partial charge in [-0.25, -0.2) is 0 Å². The summed E-state index contributed by atoms with van der Waals surface area (Å²) in [7, 11) is -0.745. The molecule has 4 aromatic carbocycles. The van der Waals surface area contributed by atoms with Crippen molar-refractivity contribution in [2.45, 2.75) is 38.8 Å². The first-order valence-electron chi connectivity index (χ1n) is 17.5. The number of nitrogens with two attached hydrogens (primary N) is 1. The summed E-state index contributed by atoms with van der Waals surface area (Å²) in [5.74, 6) is 0.195. The molecule has 2 atom stereocenters. The minimum Gasteiger partial charge on any atom is -0.428 e. The molecule has 12 heteroatoms. The molecule has 6 rings (SSSR count). The highest BCUT2D eigenvalue weighted by atomic mass is 35.5. The van der Waals surface area contributed by atoms with Gasteiger partial charge in [0.2, 0.25) is 5.12 Å². The monoisotopic (exact) mass is 730 g/mol. The number of fused-ring (bicyclic) bond motifs is 3. The van der Waals surface area contributed by atoms with Gasteiger partial charge in [0, 0.05) is 71.8 Å². The first-order chi connectivity index (χ1) is 24.5. The molecule has 0 bridgehead atoms. The third kappa shape index (κ3) is 8.68. The van der Waals surface area contributed by atoms with E-state index in [1.54, 1.807) is 18.4 Å². The Morgan fingerprint density at radius 1 is 1.10 bits per heavy atom. The predicted octanol–water partition coefficient (Wildman–Crippen LogP) is 7.75. The van der Waals surface area contributed by atoms with Crippen LogP contribution in [0.1, 0.15) is 41.3 Å². The number of anilines is 2. The molecule has 2 aliphatic heterocycles. The number of aryl methyl sites for hydroxylation is 1. The van der Waals surface area contributed by atoms with Crippen molar-refractivity contribution in [3.8, 4) is 16.9 Å².